The Balaban J connectivity index is 1.19. The van der Waals surface area contributed by atoms with Crippen LogP contribution in [0.15, 0.2) is 89.8 Å². The Morgan fingerprint density at radius 2 is 1.81 bits per heavy atom. The Kier molecular flexibility index (Phi) is 6.89. The van der Waals surface area contributed by atoms with Crippen LogP contribution in [0.1, 0.15) is 12.5 Å². The van der Waals surface area contributed by atoms with Gasteiger partial charge in [0, 0.05) is 24.0 Å². The SMILES string of the molecule is CCOc1ccccc1NC(=O)Nc1ccc(Cn2cnc(-c3nc(-c4ccc(F)cc4)no3)c2)cc1. The molecule has 0 radical (unpaired) electrons. The van der Waals surface area contributed by atoms with Crippen LogP contribution in [-0.2, 0) is 6.54 Å². The average Bonchev–Trinajstić information content (AvgIpc) is 3.57. The number of anilines is 2. The molecule has 0 atom stereocenters. The molecule has 2 heterocycles. The van der Waals surface area contributed by atoms with E-state index in [9.17, 15) is 9.18 Å². The summed E-state index contributed by atoms with van der Waals surface area (Å²) in [6.07, 6.45) is 3.48. The summed E-state index contributed by atoms with van der Waals surface area (Å²) in [5, 5.41) is 9.58. The number of hydrogen-bond acceptors (Lipinski definition) is 6. The molecule has 10 heteroatoms. The lowest BCUT2D eigenvalue weighted by Gasteiger charge is -2.12. The smallest absolute Gasteiger partial charge is 0.323 e. The summed E-state index contributed by atoms with van der Waals surface area (Å²) in [6.45, 7) is 2.95. The first-order valence-corrected chi connectivity index (χ1v) is 11.6. The molecule has 37 heavy (non-hydrogen) atoms. The van der Waals surface area contributed by atoms with Crippen molar-refractivity contribution in [2.75, 3.05) is 17.2 Å². The maximum absolute atomic E-state index is 13.1. The third-order valence-corrected chi connectivity index (χ3v) is 5.39. The van der Waals surface area contributed by atoms with Crippen molar-refractivity contribution >= 4 is 17.4 Å². The van der Waals surface area contributed by atoms with Crippen LogP contribution in [-0.4, -0.2) is 32.3 Å². The fourth-order valence-electron chi connectivity index (χ4n) is 3.64. The Labute approximate surface area is 211 Å². The molecule has 0 bridgehead atoms. The van der Waals surface area contributed by atoms with Gasteiger partial charge in [0.05, 0.1) is 18.6 Å². The normalized spacial score (nSPS) is 10.8. The number of carbonyl (C=O) groups excluding carboxylic acids is 1. The van der Waals surface area contributed by atoms with Crippen LogP contribution in [0.3, 0.4) is 0 Å². The summed E-state index contributed by atoms with van der Waals surface area (Å²) in [4.78, 5) is 21.1. The number of aromatic nitrogens is 4. The van der Waals surface area contributed by atoms with Gasteiger partial charge in [0.2, 0.25) is 5.82 Å². The van der Waals surface area contributed by atoms with Gasteiger partial charge in [-0.15, -0.1) is 0 Å². The van der Waals surface area contributed by atoms with E-state index in [1.807, 2.05) is 47.9 Å². The van der Waals surface area contributed by atoms with Gasteiger partial charge in [-0.3, -0.25) is 0 Å². The highest BCUT2D eigenvalue weighted by Gasteiger charge is 2.13. The van der Waals surface area contributed by atoms with E-state index in [0.29, 0.717) is 47.4 Å². The summed E-state index contributed by atoms with van der Waals surface area (Å²) < 4.78 is 25.9. The highest BCUT2D eigenvalue weighted by molar-refractivity contribution is 6.00. The molecule has 0 saturated carbocycles. The van der Waals surface area contributed by atoms with Crippen molar-refractivity contribution in [2.24, 2.45) is 0 Å². The minimum Gasteiger partial charge on any atom is -0.492 e. The summed E-state index contributed by atoms with van der Waals surface area (Å²) in [6, 6.07) is 20.3. The van der Waals surface area contributed by atoms with Crippen molar-refractivity contribution in [2.45, 2.75) is 13.5 Å². The first-order valence-electron chi connectivity index (χ1n) is 11.6. The van der Waals surface area contributed by atoms with Crippen LogP contribution < -0.4 is 15.4 Å². The van der Waals surface area contributed by atoms with Crippen LogP contribution in [0.25, 0.3) is 23.0 Å². The number of nitrogens with zero attached hydrogens (tertiary/aromatic N) is 4. The molecule has 0 spiro atoms. The van der Waals surface area contributed by atoms with Gasteiger partial charge in [0.15, 0.2) is 0 Å². The van der Waals surface area contributed by atoms with Gasteiger partial charge in [0.25, 0.3) is 5.89 Å². The van der Waals surface area contributed by atoms with Crippen molar-refractivity contribution < 1.29 is 18.4 Å². The highest BCUT2D eigenvalue weighted by atomic mass is 19.1. The summed E-state index contributed by atoms with van der Waals surface area (Å²) in [5.74, 6) is 0.914. The van der Waals surface area contributed by atoms with Gasteiger partial charge in [-0.25, -0.2) is 14.2 Å². The molecule has 0 aliphatic rings. The molecule has 0 unspecified atom stereocenters. The predicted molar refractivity (Wildman–Crippen MR) is 137 cm³/mol. The summed E-state index contributed by atoms with van der Waals surface area (Å²) >= 11 is 0. The van der Waals surface area contributed by atoms with Crippen molar-refractivity contribution in [3.63, 3.8) is 0 Å². The van der Waals surface area contributed by atoms with Gasteiger partial charge in [-0.05, 0) is 61.0 Å². The zero-order valence-corrected chi connectivity index (χ0v) is 19.9. The van der Waals surface area contributed by atoms with Crippen LogP contribution in [0.5, 0.6) is 5.75 Å². The molecule has 5 rings (SSSR count). The number of imidazole rings is 1. The Morgan fingerprint density at radius 1 is 1.03 bits per heavy atom. The van der Waals surface area contributed by atoms with Gasteiger partial charge >= 0.3 is 6.03 Å². The van der Waals surface area contributed by atoms with E-state index >= 15 is 0 Å². The minimum atomic E-state index is -0.362. The number of ether oxygens (including phenoxy) is 1. The second-order valence-electron chi connectivity index (χ2n) is 8.07. The van der Waals surface area contributed by atoms with E-state index in [1.54, 1.807) is 36.8 Å². The number of amides is 2. The minimum absolute atomic E-state index is 0.273. The molecule has 5 aromatic rings. The summed E-state index contributed by atoms with van der Waals surface area (Å²) in [5.41, 5.74) is 3.44. The van der Waals surface area contributed by atoms with E-state index in [2.05, 4.69) is 25.8 Å². The molecule has 2 N–H and O–H groups in total. The van der Waals surface area contributed by atoms with E-state index in [4.69, 9.17) is 9.26 Å². The largest absolute Gasteiger partial charge is 0.492 e. The van der Waals surface area contributed by atoms with E-state index in [-0.39, 0.29) is 17.7 Å². The lowest BCUT2D eigenvalue weighted by Crippen LogP contribution is -2.19. The first-order chi connectivity index (χ1) is 18.1. The van der Waals surface area contributed by atoms with Gasteiger partial charge in [-0.1, -0.05) is 29.4 Å². The Bertz CT molecular complexity index is 1500. The zero-order chi connectivity index (χ0) is 25.6. The molecule has 3 aromatic carbocycles. The average molecular weight is 499 g/mol. The lowest BCUT2D eigenvalue weighted by molar-refractivity contribution is 0.262. The van der Waals surface area contributed by atoms with Gasteiger partial charge in [-0.2, -0.15) is 4.98 Å². The molecular weight excluding hydrogens is 475 g/mol. The number of hydrogen-bond donors (Lipinski definition) is 2. The maximum atomic E-state index is 13.1. The molecule has 0 aliphatic carbocycles. The van der Waals surface area contributed by atoms with Crippen LogP contribution in [0, 0.1) is 5.82 Å². The highest BCUT2D eigenvalue weighted by Crippen LogP contribution is 2.24. The van der Waals surface area contributed by atoms with E-state index in [0.717, 1.165) is 5.56 Å². The molecular formula is C27H23FN6O3. The maximum Gasteiger partial charge on any atom is 0.323 e. The first kappa shape index (κ1) is 23.7. The van der Waals surface area contributed by atoms with Crippen molar-refractivity contribution in [3.8, 4) is 28.7 Å². The number of halogens is 1. The van der Waals surface area contributed by atoms with E-state index < -0.39 is 0 Å². The fraction of sp³-hybridized carbons (Fsp3) is 0.111. The fourth-order valence-corrected chi connectivity index (χ4v) is 3.64. The number of para-hydroxylation sites is 2. The molecule has 0 saturated heterocycles. The third-order valence-electron chi connectivity index (χ3n) is 5.39. The second-order valence-corrected chi connectivity index (χ2v) is 8.07. The Hall–Kier alpha value is -4.99. The quantitative estimate of drug-likeness (QED) is 0.279. The third kappa shape index (κ3) is 5.81. The molecule has 0 fully saturated rings. The van der Waals surface area contributed by atoms with Crippen LogP contribution in [0.4, 0.5) is 20.6 Å². The summed E-state index contributed by atoms with van der Waals surface area (Å²) in [7, 11) is 0. The standard InChI is InChI=1S/C27H23FN6O3/c1-2-36-24-6-4-3-5-22(24)31-27(35)30-21-13-7-18(8-14-21)15-34-16-23(29-17-34)26-32-25(33-37-26)19-9-11-20(28)12-10-19/h3-14,16-17H,2,15H2,1H3,(H2,30,31,35). The molecule has 9 nitrogen and oxygen atoms in total. The Morgan fingerprint density at radius 3 is 2.59 bits per heavy atom. The van der Waals surface area contributed by atoms with Gasteiger partial charge < -0.3 is 24.5 Å². The number of carbonyl (C=O) groups is 1. The van der Waals surface area contributed by atoms with E-state index in [1.165, 1.54) is 12.1 Å². The van der Waals surface area contributed by atoms with Crippen molar-refractivity contribution in [3.05, 3.63) is 96.7 Å². The zero-order valence-electron chi connectivity index (χ0n) is 19.9. The van der Waals surface area contributed by atoms with Crippen LogP contribution >= 0.6 is 0 Å². The second kappa shape index (κ2) is 10.7. The lowest BCUT2D eigenvalue weighted by atomic mass is 10.2. The predicted octanol–water partition coefficient (Wildman–Crippen LogP) is 5.83. The number of urea groups is 1. The van der Waals surface area contributed by atoms with Crippen molar-refractivity contribution in [1.82, 2.24) is 19.7 Å². The molecule has 186 valence electrons. The monoisotopic (exact) mass is 498 g/mol. The molecule has 2 amide bonds. The molecule has 2 aromatic heterocycles. The van der Waals surface area contributed by atoms with Crippen molar-refractivity contribution in [1.29, 1.82) is 0 Å². The van der Waals surface area contributed by atoms with Crippen LogP contribution in [0.2, 0.25) is 0 Å². The number of benzene rings is 3. The number of nitrogens with one attached hydrogen (secondary N) is 2. The topological polar surface area (TPSA) is 107 Å². The molecule has 0 aliphatic heterocycles. The van der Waals surface area contributed by atoms with Gasteiger partial charge in [0.1, 0.15) is 17.3 Å². The number of rotatable bonds is 8.